The maximum Gasteiger partial charge on any atom is 0.472 e. The van der Waals surface area contributed by atoms with Crippen molar-refractivity contribution in [3.63, 3.8) is 0 Å². The van der Waals surface area contributed by atoms with Crippen LogP contribution in [0.15, 0.2) is 122 Å². The monoisotopic (exact) mass is 1350 g/mol. The highest BCUT2D eigenvalue weighted by Crippen LogP contribution is 2.43. The normalized spacial score (nSPS) is 13.7. The second-order valence-corrected chi connectivity index (χ2v) is 29.2. The summed E-state index contributed by atoms with van der Waals surface area (Å²) in [4.78, 5) is 36.0. The van der Waals surface area contributed by atoms with Crippen molar-refractivity contribution in [1.29, 1.82) is 0 Å². The number of likely N-dealkylation sites (N-methyl/N-ethyl adjacent to an activating group) is 1. The van der Waals surface area contributed by atoms with Crippen molar-refractivity contribution in [2.75, 3.05) is 47.5 Å². The third-order valence-electron chi connectivity index (χ3n) is 17.3. The predicted molar refractivity (Wildman–Crippen MR) is 413 cm³/mol. The van der Waals surface area contributed by atoms with Gasteiger partial charge in [-0.2, -0.15) is 0 Å². The van der Waals surface area contributed by atoms with E-state index in [-0.39, 0.29) is 32.0 Å². The molecule has 548 valence electrons. The molecule has 0 amide bonds. The molecule has 0 aromatic heterocycles. The van der Waals surface area contributed by atoms with Gasteiger partial charge in [-0.3, -0.25) is 18.6 Å². The zero-order chi connectivity index (χ0) is 69.0. The van der Waals surface area contributed by atoms with Crippen LogP contribution in [0, 0.1) is 0 Å². The van der Waals surface area contributed by atoms with Crippen LogP contribution in [0.5, 0.6) is 0 Å². The molecule has 0 radical (unpaired) electrons. The number of hydrogen-bond acceptors (Lipinski definition) is 7. The number of phosphoric acid groups is 1. The van der Waals surface area contributed by atoms with Crippen molar-refractivity contribution < 1.29 is 42.1 Å². The number of ether oxygens (including phenoxy) is 2. The van der Waals surface area contributed by atoms with Gasteiger partial charge in [0.1, 0.15) is 19.8 Å². The molecular weight excluding hydrogens is 1190 g/mol. The van der Waals surface area contributed by atoms with Crippen LogP contribution in [-0.4, -0.2) is 74.9 Å². The van der Waals surface area contributed by atoms with E-state index in [1.165, 1.54) is 212 Å². The Labute approximate surface area is 588 Å². The van der Waals surface area contributed by atoms with Crippen molar-refractivity contribution in [3.8, 4) is 0 Å². The summed E-state index contributed by atoms with van der Waals surface area (Å²) in [6.07, 6.45) is 108. The quantitative estimate of drug-likeness (QED) is 0.0211. The van der Waals surface area contributed by atoms with Gasteiger partial charge in [0, 0.05) is 12.8 Å². The third kappa shape index (κ3) is 79.3. The lowest BCUT2D eigenvalue weighted by Crippen LogP contribution is -2.37. The molecule has 2 atom stereocenters. The van der Waals surface area contributed by atoms with E-state index >= 15 is 0 Å². The van der Waals surface area contributed by atoms with Crippen molar-refractivity contribution in [3.05, 3.63) is 122 Å². The van der Waals surface area contributed by atoms with E-state index in [0.29, 0.717) is 17.4 Å². The molecule has 10 heteroatoms. The van der Waals surface area contributed by atoms with Crippen LogP contribution in [0.2, 0.25) is 0 Å². The second kappa shape index (κ2) is 74.6. The molecule has 0 fully saturated rings. The molecule has 0 aliphatic heterocycles. The number of carbonyl (C=O) groups is 2. The lowest BCUT2D eigenvalue weighted by Gasteiger charge is -2.24. The molecule has 2 unspecified atom stereocenters. The van der Waals surface area contributed by atoms with Gasteiger partial charge in [0.25, 0.3) is 0 Å². The standard InChI is InChI=1S/C85H150NO8P/c1-6-8-10-12-14-16-18-20-22-24-26-28-30-32-34-36-38-40-41-42-43-44-45-46-48-50-52-54-56-58-60-62-64-66-68-70-72-74-76-78-85(88)94-83(82-93-95(89,90)92-80-79-86(3,4)5)81-91-84(87)77-75-73-71-69-67-65-63-61-59-57-55-53-51-49-47-39-37-35-33-31-29-27-25-23-21-19-17-15-13-11-9-7-2/h8,10,14,16,20,22,26,28,32,34,38,40,42-43,45-46,50,52,56,58,83H,6-7,9,11-13,15,17-19,21,23-25,27,29-31,33,35-37,39,41,44,47-49,51,53-55,57,59-82H2,1-5H3/p+1/b10-8-,16-14-,22-20-,28-26-,34-32-,40-38-,43-42-,46-45-,52-50-,58-56-. The fourth-order valence-corrected chi connectivity index (χ4v) is 12.0. The SMILES string of the molecule is CC/C=C\C/C=C\C/C=C\C/C=C\C/C=C\C/C=C\C/C=C\C/C=C\C/C=C\C/C=C\CCCCCCCCCCC(=O)OC(COC(=O)CCCCCCCCCCCCCCCCCCCCCCCCCCCCCCCCCC)COP(=O)(O)OCC[N+](C)(C)C. The number of allylic oxidation sites excluding steroid dienone is 20. The molecule has 0 heterocycles. The Bertz CT molecular complexity index is 2020. The number of quaternary nitrogens is 1. The molecule has 0 aliphatic rings. The van der Waals surface area contributed by atoms with Crippen molar-refractivity contribution in [2.24, 2.45) is 0 Å². The first-order chi connectivity index (χ1) is 46.5. The van der Waals surface area contributed by atoms with E-state index in [1.54, 1.807) is 0 Å². The van der Waals surface area contributed by atoms with E-state index in [2.05, 4.69) is 135 Å². The minimum Gasteiger partial charge on any atom is -0.462 e. The average Bonchev–Trinajstić information content (AvgIpc) is 2.18. The van der Waals surface area contributed by atoms with E-state index < -0.39 is 26.5 Å². The van der Waals surface area contributed by atoms with Gasteiger partial charge in [0.2, 0.25) is 0 Å². The van der Waals surface area contributed by atoms with Gasteiger partial charge in [-0.1, -0.05) is 373 Å². The summed E-state index contributed by atoms with van der Waals surface area (Å²) in [7, 11) is 1.47. The molecule has 0 saturated heterocycles. The zero-order valence-corrected chi connectivity index (χ0v) is 63.5. The van der Waals surface area contributed by atoms with Gasteiger partial charge >= 0.3 is 19.8 Å². The Balaban J connectivity index is 4.03. The van der Waals surface area contributed by atoms with Crippen LogP contribution < -0.4 is 0 Å². The highest BCUT2D eigenvalue weighted by Gasteiger charge is 2.27. The second-order valence-electron chi connectivity index (χ2n) is 27.7. The van der Waals surface area contributed by atoms with Crippen LogP contribution in [0.4, 0.5) is 0 Å². The molecule has 0 saturated carbocycles. The maximum absolute atomic E-state index is 12.9. The van der Waals surface area contributed by atoms with Crippen LogP contribution in [0.3, 0.4) is 0 Å². The Hall–Kier alpha value is -3.59. The van der Waals surface area contributed by atoms with Gasteiger partial charge in [0.05, 0.1) is 27.7 Å². The van der Waals surface area contributed by atoms with Gasteiger partial charge in [-0.05, 0) is 89.9 Å². The highest BCUT2D eigenvalue weighted by molar-refractivity contribution is 7.47. The Morgan fingerprint density at radius 1 is 0.337 bits per heavy atom. The van der Waals surface area contributed by atoms with Gasteiger partial charge in [-0.15, -0.1) is 0 Å². The summed E-state index contributed by atoms with van der Waals surface area (Å²) in [6.45, 7) is 4.35. The lowest BCUT2D eigenvalue weighted by molar-refractivity contribution is -0.870. The number of phosphoric ester groups is 1. The molecule has 0 aromatic carbocycles. The number of esters is 2. The first-order valence-corrected chi connectivity index (χ1v) is 41.3. The average molecular weight is 1350 g/mol. The molecule has 1 N–H and O–H groups in total. The van der Waals surface area contributed by atoms with Crippen molar-refractivity contribution in [1.82, 2.24) is 0 Å². The van der Waals surface area contributed by atoms with Crippen molar-refractivity contribution >= 4 is 19.8 Å². The number of nitrogens with zero attached hydrogens (tertiary/aromatic N) is 1. The van der Waals surface area contributed by atoms with E-state index in [9.17, 15) is 19.0 Å². The minimum atomic E-state index is -4.40. The largest absolute Gasteiger partial charge is 0.472 e. The fraction of sp³-hybridized carbons (Fsp3) is 0.741. The Morgan fingerprint density at radius 2 is 0.600 bits per heavy atom. The lowest BCUT2D eigenvalue weighted by atomic mass is 10.0. The molecule has 0 spiro atoms. The molecule has 95 heavy (non-hydrogen) atoms. The van der Waals surface area contributed by atoms with Crippen LogP contribution in [-0.2, 0) is 32.7 Å². The molecule has 9 nitrogen and oxygen atoms in total. The smallest absolute Gasteiger partial charge is 0.462 e. The van der Waals surface area contributed by atoms with E-state index in [4.69, 9.17) is 18.5 Å². The first kappa shape index (κ1) is 91.4. The van der Waals surface area contributed by atoms with Crippen LogP contribution in [0.1, 0.15) is 354 Å². The number of unbranched alkanes of at least 4 members (excludes halogenated alkanes) is 39. The topological polar surface area (TPSA) is 108 Å². The Morgan fingerprint density at radius 3 is 0.895 bits per heavy atom. The van der Waals surface area contributed by atoms with Gasteiger partial charge < -0.3 is 18.9 Å². The number of carbonyl (C=O) groups excluding carboxylic acids is 2. The van der Waals surface area contributed by atoms with E-state index in [1.807, 2.05) is 21.1 Å². The summed E-state index contributed by atoms with van der Waals surface area (Å²) < 4.78 is 34.8. The molecule has 0 bridgehead atoms. The maximum atomic E-state index is 12.9. The highest BCUT2D eigenvalue weighted by atomic mass is 31.2. The number of rotatable bonds is 73. The summed E-state index contributed by atoms with van der Waals surface area (Å²) in [5.41, 5.74) is 0. The first-order valence-electron chi connectivity index (χ1n) is 39.8. The molecular formula is C85H151NO8P+. The Kier molecular flexibility index (Phi) is 71.8. The van der Waals surface area contributed by atoms with E-state index in [0.717, 1.165) is 109 Å². The summed E-state index contributed by atoms with van der Waals surface area (Å²) in [5.74, 6) is -0.798. The van der Waals surface area contributed by atoms with Gasteiger partial charge in [0.15, 0.2) is 6.10 Å². The van der Waals surface area contributed by atoms with Crippen LogP contribution >= 0.6 is 7.82 Å². The zero-order valence-electron chi connectivity index (χ0n) is 62.6. The summed E-state index contributed by atoms with van der Waals surface area (Å²) in [6, 6.07) is 0. The fourth-order valence-electron chi connectivity index (χ4n) is 11.2. The van der Waals surface area contributed by atoms with Crippen LogP contribution in [0.25, 0.3) is 0 Å². The third-order valence-corrected chi connectivity index (χ3v) is 18.2. The summed E-state index contributed by atoms with van der Waals surface area (Å²) in [5, 5.41) is 0. The molecule has 0 rings (SSSR count). The summed E-state index contributed by atoms with van der Waals surface area (Å²) >= 11 is 0. The molecule has 0 aromatic rings. The van der Waals surface area contributed by atoms with Gasteiger partial charge in [-0.25, -0.2) is 4.57 Å². The molecule has 0 aliphatic carbocycles. The predicted octanol–water partition coefficient (Wildman–Crippen LogP) is 26.6. The number of hydrogen-bond donors (Lipinski definition) is 1. The minimum absolute atomic E-state index is 0.0264. The van der Waals surface area contributed by atoms with Crippen molar-refractivity contribution in [2.45, 2.75) is 360 Å².